The summed E-state index contributed by atoms with van der Waals surface area (Å²) in [5.41, 5.74) is 0.275. The van der Waals surface area contributed by atoms with Gasteiger partial charge in [-0.2, -0.15) is 5.26 Å². The van der Waals surface area contributed by atoms with Crippen LogP contribution in [-0.4, -0.2) is 12.5 Å². The zero-order chi connectivity index (χ0) is 12.6. The molecule has 1 saturated heterocycles. The Kier molecular flexibility index (Phi) is 3.23. The number of nitrogens with zero attached hydrogens (tertiary/aromatic N) is 2. The summed E-state index contributed by atoms with van der Waals surface area (Å²) >= 11 is 11.7. The van der Waals surface area contributed by atoms with Crippen LogP contribution in [0.15, 0.2) is 12.1 Å². The van der Waals surface area contributed by atoms with Crippen LogP contribution in [-0.2, 0) is 4.79 Å². The molecule has 0 aliphatic carbocycles. The van der Waals surface area contributed by atoms with E-state index in [0.29, 0.717) is 0 Å². The fraction of sp³-hybridized carbons (Fsp3) is 0.273. The molecule has 0 spiro atoms. The maximum absolute atomic E-state index is 13.0. The van der Waals surface area contributed by atoms with Crippen LogP contribution in [0.4, 0.5) is 10.1 Å². The van der Waals surface area contributed by atoms with E-state index in [0.717, 1.165) is 12.1 Å². The lowest BCUT2D eigenvalue weighted by atomic mass is 10.1. The normalized spacial score (nSPS) is 19.5. The Morgan fingerprint density at radius 3 is 2.47 bits per heavy atom. The van der Waals surface area contributed by atoms with Crippen LogP contribution in [0, 0.1) is 23.1 Å². The topological polar surface area (TPSA) is 44.1 Å². The maximum atomic E-state index is 13.0. The molecule has 1 fully saturated rings. The minimum atomic E-state index is -0.563. The summed E-state index contributed by atoms with van der Waals surface area (Å²) in [6, 6.07) is 4.21. The van der Waals surface area contributed by atoms with Gasteiger partial charge in [-0.3, -0.25) is 4.79 Å². The van der Waals surface area contributed by atoms with Gasteiger partial charge >= 0.3 is 0 Å². The van der Waals surface area contributed by atoms with E-state index >= 15 is 0 Å². The number of benzene rings is 1. The van der Waals surface area contributed by atoms with Crippen molar-refractivity contribution in [3.8, 4) is 6.07 Å². The van der Waals surface area contributed by atoms with Crippen molar-refractivity contribution in [3.05, 3.63) is 28.0 Å². The van der Waals surface area contributed by atoms with Gasteiger partial charge in [-0.15, -0.1) is 0 Å². The Balaban J connectivity index is 2.42. The number of carbonyl (C=O) groups excluding carboxylic acids is 1. The number of anilines is 1. The lowest BCUT2D eigenvalue weighted by molar-refractivity contribution is -0.117. The SMILES string of the molecule is N#CC1CC(=O)N(c2c(Cl)cc(F)cc2Cl)C1. The molecule has 1 atom stereocenters. The highest BCUT2D eigenvalue weighted by molar-refractivity contribution is 6.40. The van der Waals surface area contributed by atoms with Crippen molar-refractivity contribution in [2.45, 2.75) is 6.42 Å². The second kappa shape index (κ2) is 4.52. The summed E-state index contributed by atoms with van der Waals surface area (Å²) in [5.74, 6) is -1.17. The summed E-state index contributed by atoms with van der Waals surface area (Å²) in [7, 11) is 0. The highest BCUT2D eigenvalue weighted by Gasteiger charge is 2.33. The molecule has 1 aliphatic heterocycles. The first kappa shape index (κ1) is 12.2. The van der Waals surface area contributed by atoms with Crippen LogP contribution in [0.1, 0.15) is 6.42 Å². The van der Waals surface area contributed by atoms with Crippen LogP contribution in [0.3, 0.4) is 0 Å². The zero-order valence-corrected chi connectivity index (χ0v) is 10.1. The van der Waals surface area contributed by atoms with Crippen LogP contribution < -0.4 is 4.90 Å². The highest BCUT2D eigenvalue weighted by Crippen LogP contribution is 2.37. The van der Waals surface area contributed by atoms with Crippen LogP contribution >= 0.6 is 23.2 Å². The van der Waals surface area contributed by atoms with Gasteiger partial charge in [-0.25, -0.2) is 4.39 Å². The van der Waals surface area contributed by atoms with Gasteiger partial charge in [0, 0.05) is 13.0 Å². The molecule has 3 nitrogen and oxygen atoms in total. The third-order valence-electron chi connectivity index (χ3n) is 2.56. The third-order valence-corrected chi connectivity index (χ3v) is 3.14. The van der Waals surface area contributed by atoms with Crippen LogP contribution in [0.5, 0.6) is 0 Å². The molecule has 1 amide bonds. The van der Waals surface area contributed by atoms with Crippen LogP contribution in [0.2, 0.25) is 10.0 Å². The average Bonchev–Trinajstić information content (AvgIpc) is 2.59. The second-order valence-corrected chi connectivity index (χ2v) is 4.57. The maximum Gasteiger partial charge on any atom is 0.228 e. The standard InChI is InChI=1S/C11H7Cl2FN2O/c12-8-2-7(14)3-9(13)11(8)16-5-6(4-15)1-10(16)17/h2-3,6H,1,5H2. The van der Waals surface area contributed by atoms with E-state index in [4.69, 9.17) is 28.5 Å². The summed E-state index contributed by atoms with van der Waals surface area (Å²) in [6.45, 7) is 0.237. The number of rotatable bonds is 1. The van der Waals surface area contributed by atoms with E-state index in [2.05, 4.69) is 0 Å². The highest BCUT2D eigenvalue weighted by atomic mass is 35.5. The van der Waals surface area contributed by atoms with Gasteiger partial charge in [0.2, 0.25) is 5.91 Å². The molecule has 0 bridgehead atoms. The number of halogens is 3. The predicted molar refractivity (Wildman–Crippen MR) is 62.5 cm³/mol. The van der Waals surface area contributed by atoms with E-state index < -0.39 is 5.82 Å². The van der Waals surface area contributed by atoms with Crippen molar-refractivity contribution < 1.29 is 9.18 Å². The molecule has 1 aromatic carbocycles. The van der Waals surface area contributed by atoms with Crippen molar-refractivity contribution in [1.29, 1.82) is 5.26 Å². The largest absolute Gasteiger partial charge is 0.308 e. The number of amides is 1. The van der Waals surface area contributed by atoms with Crippen LogP contribution in [0.25, 0.3) is 0 Å². The first-order valence-corrected chi connectivity index (χ1v) is 5.63. The van der Waals surface area contributed by atoms with Gasteiger partial charge in [-0.1, -0.05) is 23.2 Å². The molecule has 0 N–H and O–H groups in total. The Morgan fingerprint density at radius 2 is 2.00 bits per heavy atom. The van der Waals surface area contributed by atoms with Crippen molar-refractivity contribution in [3.63, 3.8) is 0 Å². The molecule has 1 aromatic rings. The van der Waals surface area contributed by atoms with Crippen molar-refractivity contribution in [1.82, 2.24) is 0 Å². The smallest absolute Gasteiger partial charge is 0.228 e. The van der Waals surface area contributed by atoms with Gasteiger partial charge in [0.1, 0.15) is 5.82 Å². The number of hydrogen-bond acceptors (Lipinski definition) is 2. The summed E-state index contributed by atoms with van der Waals surface area (Å²) < 4.78 is 13.0. The first-order valence-electron chi connectivity index (χ1n) is 4.87. The number of carbonyl (C=O) groups is 1. The Labute approximate surface area is 107 Å². The second-order valence-electron chi connectivity index (χ2n) is 3.75. The van der Waals surface area contributed by atoms with E-state index in [9.17, 15) is 9.18 Å². The minimum Gasteiger partial charge on any atom is -0.308 e. The Hall–Kier alpha value is -1.31. The lowest BCUT2D eigenvalue weighted by Crippen LogP contribution is -2.25. The average molecular weight is 273 g/mol. The molecular formula is C11H7Cl2FN2O. The lowest BCUT2D eigenvalue weighted by Gasteiger charge is -2.18. The fourth-order valence-corrected chi connectivity index (χ4v) is 2.47. The Bertz CT molecular complexity index is 504. The van der Waals surface area contributed by atoms with Crippen molar-refractivity contribution in [2.75, 3.05) is 11.4 Å². The monoisotopic (exact) mass is 272 g/mol. The molecule has 1 unspecified atom stereocenters. The number of hydrogen-bond donors (Lipinski definition) is 0. The molecular weight excluding hydrogens is 266 g/mol. The van der Waals surface area contributed by atoms with Gasteiger partial charge in [0.05, 0.1) is 27.7 Å². The summed E-state index contributed by atoms with van der Waals surface area (Å²) in [4.78, 5) is 13.0. The summed E-state index contributed by atoms with van der Waals surface area (Å²) in [6.07, 6.45) is 0.139. The Morgan fingerprint density at radius 1 is 1.41 bits per heavy atom. The molecule has 2 rings (SSSR count). The molecule has 0 aromatic heterocycles. The zero-order valence-electron chi connectivity index (χ0n) is 8.58. The van der Waals surface area contributed by atoms with Gasteiger partial charge in [-0.05, 0) is 12.1 Å². The fourth-order valence-electron chi connectivity index (χ4n) is 1.80. The third kappa shape index (κ3) is 2.21. The van der Waals surface area contributed by atoms with Crippen molar-refractivity contribution in [2.24, 2.45) is 5.92 Å². The van der Waals surface area contributed by atoms with Gasteiger partial charge in [0.15, 0.2) is 0 Å². The van der Waals surface area contributed by atoms with E-state index in [1.54, 1.807) is 0 Å². The molecule has 0 saturated carbocycles. The summed E-state index contributed by atoms with van der Waals surface area (Å²) in [5, 5.41) is 8.92. The van der Waals surface area contributed by atoms with Crippen molar-refractivity contribution >= 4 is 34.8 Å². The molecule has 17 heavy (non-hydrogen) atoms. The predicted octanol–water partition coefficient (Wildman–Crippen LogP) is 3.01. The minimum absolute atomic E-state index is 0.0712. The quantitative estimate of drug-likeness (QED) is 0.789. The van der Waals surface area contributed by atoms with E-state index in [1.165, 1.54) is 4.90 Å². The molecule has 6 heteroatoms. The molecule has 1 aliphatic rings. The molecule has 0 radical (unpaired) electrons. The van der Waals surface area contributed by atoms with E-state index in [1.807, 2.05) is 6.07 Å². The molecule has 88 valence electrons. The number of nitriles is 1. The first-order chi connectivity index (χ1) is 8.02. The molecule has 1 heterocycles. The van der Waals surface area contributed by atoms with Gasteiger partial charge in [0.25, 0.3) is 0 Å². The van der Waals surface area contributed by atoms with E-state index in [-0.39, 0.29) is 40.5 Å². The van der Waals surface area contributed by atoms with Gasteiger partial charge < -0.3 is 4.90 Å².